The molecular formula is C16H25N3O. The van der Waals surface area contributed by atoms with Crippen LogP contribution in [0.2, 0.25) is 0 Å². The monoisotopic (exact) mass is 275 g/mol. The van der Waals surface area contributed by atoms with Crippen LogP contribution in [0, 0.1) is 23.7 Å². The predicted octanol–water partition coefficient (Wildman–Crippen LogP) is 2.44. The number of anilines is 1. The molecule has 0 radical (unpaired) electrons. The molecule has 0 aliphatic heterocycles. The number of nitrogens with zero attached hydrogens (tertiary/aromatic N) is 2. The lowest BCUT2D eigenvalue weighted by atomic mass is 9.54. The van der Waals surface area contributed by atoms with E-state index in [0.29, 0.717) is 12.6 Å². The molecule has 0 aromatic carbocycles. The third-order valence-electron chi connectivity index (χ3n) is 5.87. The highest BCUT2D eigenvalue weighted by molar-refractivity contribution is 5.30. The van der Waals surface area contributed by atoms with Gasteiger partial charge in [0, 0.05) is 19.5 Å². The van der Waals surface area contributed by atoms with Gasteiger partial charge in [0.15, 0.2) is 0 Å². The van der Waals surface area contributed by atoms with Gasteiger partial charge < -0.3 is 15.1 Å². The van der Waals surface area contributed by atoms with Crippen molar-refractivity contribution >= 4 is 6.01 Å². The van der Waals surface area contributed by atoms with E-state index in [0.717, 1.165) is 41.8 Å². The molecule has 4 saturated carbocycles. The quantitative estimate of drug-likeness (QED) is 0.917. The molecular weight excluding hydrogens is 250 g/mol. The second-order valence-corrected chi connectivity index (χ2v) is 7.19. The number of nitrogens with two attached hydrogens (primary N) is 1. The Morgan fingerprint density at radius 3 is 2.45 bits per heavy atom. The molecule has 5 rings (SSSR count). The summed E-state index contributed by atoms with van der Waals surface area (Å²) in [6.45, 7) is 0.633. The highest BCUT2D eigenvalue weighted by Crippen LogP contribution is 2.55. The van der Waals surface area contributed by atoms with E-state index in [1.807, 2.05) is 0 Å². The first-order valence-corrected chi connectivity index (χ1v) is 8.12. The van der Waals surface area contributed by atoms with E-state index >= 15 is 0 Å². The molecule has 1 heterocycles. The zero-order chi connectivity index (χ0) is 13.7. The van der Waals surface area contributed by atoms with Crippen molar-refractivity contribution in [1.82, 2.24) is 4.98 Å². The lowest BCUT2D eigenvalue weighted by molar-refractivity contribution is -0.00247. The second-order valence-electron chi connectivity index (χ2n) is 7.19. The zero-order valence-electron chi connectivity index (χ0n) is 12.3. The third-order valence-corrected chi connectivity index (χ3v) is 5.87. The third kappa shape index (κ3) is 1.96. The van der Waals surface area contributed by atoms with E-state index < -0.39 is 0 Å². The van der Waals surface area contributed by atoms with Crippen molar-refractivity contribution in [3.05, 3.63) is 12.0 Å². The Hall–Kier alpha value is -1.03. The summed E-state index contributed by atoms with van der Waals surface area (Å²) in [4.78, 5) is 6.94. The number of aromatic nitrogens is 1. The minimum atomic E-state index is 0.633. The average Bonchev–Trinajstić information content (AvgIpc) is 2.86. The molecule has 4 fully saturated rings. The van der Waals surface area contributed by atoms with Gasteiger partial charge in [-0.2, -0.15) is 4.98 Å². The molecule has 4 nitrogen and oxygen atoms in total. The molecule has 2 N–H and O–H groups in total. The summed E-state index contributed by atoms with van der Waals surface area (Å²) in [5.74, 6) is 3.75. The normalized spacial score (nSPS) is 38.4. The van der Waals surface area contributed by atoms with Crippen molar-refractivity contribution in [2.24, 2.45) is 29.4 Å². The minimum Gasteiger partial charge on any atom is -0.432 e. The molecule has 0 spiro atoms. The topological polar surface area (TPSA) is 55.3 Å². The number of hydrogen-bond donors (Lipinski definition) is 1. The molecule has 1 aromatic heterocycles. The lowest BCUT2D eigenvalue weighted by Crippen LogP contribution is -2.55. The van der Waals surface area contributed by atoms with Crippen LogP contribution in [0.5, 0.6) is 0 Å². The van der Waals surface area contributed by atoms with Gasteiger partial charge in [0.2, 0.25) is 0 Å². The van der Waals surface area contributed by atoms with Crippen molar-refractivity contribution < 1.29 is 4.42 Å². The van der Waals surface area contributed by atoms with Crippen LogP contribution in [0.25, 0.3) is 0 Å². The van der Waals surface area contributed by atoms with Crippen LogP contribution in [-0.4, -0.2) is 24.6 Å². The van der Waals surface area contributed by atoms with Gasteiger partial charge in [-0.15, -0.1) is 0 Å². The summed E-state index contributed by atoms with van der Waals surface area (Å²) in [7, 11) is 2.17. The SMILES string of the molecule is CN(c1nc(CCN)co1)C1C2CC3CC(C2)CC1C3. The minimum absolute atomic E-state index is 0.633. The van der Waals surface area contributed by atoms with Crippen LogP contribution in [-0.2, 0) is 6.42 Å². The van der Waals surface area contributed by atoms with E-state index in [1.165, 1.54) is 32.1 Å². The largest absolute Gasteiger partial charge is 0.432 e. The number of oxazole rings is 1. The van der Waals surface area contributed by atoms with E-state index in [1.54, 1.807) is 6.26 Å². The zero-order valence-corrected chi connectivity index (χ0v) is 12.3. The Labute approximate surface area is 120 Å². The first kappa shape index (κ1) is 12.7. The van der Waals surface area contributed by atoms with Crippen LogP contribution < -0.4 is 10.6 Å². The Balaban J connectivity index is 1.54. The predicted molar refractivity (Wildman–Crippen MR) is 78.5 cm³/mol. The van der Waals surface area contributed by atoms with Gasteiger partial charge in [0.05, 0.1) is 5.69 Å². The van der Waals surface area contributed by atoms with Crippen LogP contribution in [0.1, 0.15) is 37.8 Å². The van der Waals surface area contributed by atoms with E-state index in [4.69, 9.17) is 10.2 Å². The van der Waals surface area contributed by atoms with Crippen molar-refractivity contribution in [2.75, 3.05) is 18.5 Å². The van der Waals surface area contributed by atoms with Crippen molar-refractivity contribution in [3.63, 3.8) is 0 Å². The maximum absolute atomic E-state index is 5.69. The molecule has 4 aliphatic rings. The van der Waals surface area contributed by atoms with Gasteiger partial charge in [-0.25, -0.2) is 0 Å². The molecule has 4 bridgehead atoms. The molecule has 0 atom stereocenters. The summed E-state index contributed by atoms with van der Waals surface area (Å²) in [5, 5.41) is 0. The van der Waals surface area contributed by atoms with E-state index in [-0.39, 0.29) is 0 Å². The van der Waals surface area contributed by atoms with Gasteiger partial charge in [-0.3, -0.25) is 0 Å². The van der Waals surface area contributed by atoms with Crippen LogP contribution >= 0.6 is 0 Å². The van der Waals surface area contributed by atoms with Gasteiger partial charge in [-0.1, -0.05) is 0 Å². The summed E-state index contributed by atoms with van der Waals surface area (Å²) in [6, 6.07) is 1.44. The fraction of sp³-hybridized carbons (Fsp3) is 0.812. The molecule has 110 valence electrons. The first-order chi connectivity index (χ1) is 9.74. The maximum Gasteiger partial charge on any atom is 0.297 e. The summed E-state index contributed by atoms with van der Waals surface area (Å²) in [5.41, 5.74) is 6.57. The lowest BCUT2D eigenvalue weighted by Gasteiger charge is -2.56. The molecule has 1 aromatic rings. The summed E-state index contributed by atoms with van der Waals surface area (Å²) in [6.07, 6.45) is 9.80. The van der Waals surface area contributed by atoms with Gasteiger partial charge >= 0.3 is 0 Å². The Bertz CT molecular complexity index is 456. The first-order valence-electron chi connectivity index (χ1n) is 8.12. The Kier molecular flexibility index (Phi) is 3.02. The van der Waals surface area contributed by atoms with Gasteiger partial charge in [-0.05, 0) is 62.3 Å². The van der Waals surface area contributed by atoms with Crippen LogP contribution in [0.3, 0.4) is 0 Å². The maximum atomic E-state index is 5.69. The standard InChI is InChI=1S/C16H25N3O/c1-19(16-18-14(2-3-17)9-20-16)15-12-5-10-4-11(7-12)8-13(15)6-10/h9-13,15H,2-8,17H2,1H3. The molecule has 4 aliphatic carbocycles. The molecule has 4 heteroatoms. The Morgan fingerprint density at radius 1 is 1.20 bits per heavy atom. The summed E-state index contributed by atoms with van der Waals surface area (Å²) < 4.78 is 5.69. The number of hydrogen-bond acceptors (Lipinski definition) is 4. The highest BCUT2D eigenvalue weighted by atomic mass is 16.4. The highest BCUT2D eigenvalue weighted by Gasteiger charge is 2.50. The van der Waals surface area contributed by atoms with Crippen LogP contribution in [0.15, 0.2) is 10.7 Å². The second kappa shape index (κ2) is 4.76. The Morgan fingerprint density at radius 2 is 1.85 bits per heavy atom. The van der Waals surface area contributed by atoms with Crippen LogP contribution in [0.4, 0.5) is 6.01 Å². The van der Waals surface area contributed by atoms with Gasteiger partial charge in [0.25, 0.3) is 6.01 Å². The smallest absolute Gasteiger partial charge is 0.297 e. The molecule has 0 saturated heterocycles. The van der Waals surface area contributed by atoms with E-state index in [9.17, 15) is 0 Å². The fourth-order valence-corrected chi connectivity index (χ4v) is 5.38. The summed E-state index contributed by atoms with van der Waals surface area (Å²) >= 11 is 0. The number of rotatable bonds is 4. The van der Waals surface area contributed by atoms with Gasteiger partial charge in [0.1, 0.15) is 6.26 Å². The van der Waals surface area contributed by atoms with E-state index in [2.05, 4.69) is 16.9 Å². The average molecular weight is 275 g/mol. The van der Waals surface area contributed by atoms with Crippen molar-refractivity contribution in [3.8, 4) is 0 Å². The van der Waals surface area contributed by atoms with Crippen molar-refractivity contribution in [1.29, 1.82) is 0 Å². The molecule has 0 amide bonds. The van der Waals surface area contributed by atoms with Crippen molar-refractivity contribution in [2.45, 2.75) is 44.6 Å². The fourth-order valence-electron chi connectivity index (χ4n) is 5.38. The molecule has 20 heavy (non-hydrogen) atoms. The molecule has 0 unspecified atom stereocenters.